The maximum Gasteiger partial charge on any atom is 0.269 e. The Balaban J connectivity index is 0.000000117. The quantitative estimate of drug-likeness (QED) is 0.0803. The summed E-state index contributed by atoms with van der Waals surface area (Å²) in [5, 5.41) is 57.5. The van der Waals surface area contributed by atoms with Crippen LogP contribution in [-0.2, 0) is 127 Å². The molecule has 792 valence electrons. The van der Waals surface area contributed by atoms with E-state index in [1.165, 1.54) is 28.1 Å². The molecule has 12 aromatic rings. The number of benzene rings is 4. The number of nitrogens with one attached hydrogen (secondary N) is 1. The van der Waals surface area contributed by atoms with Crippen molar-refractivity contribution in [3.63, 3.8) is 0 Å². The van der Waals surface area contributed by atoms with Crippen molar-refractivity contribution < 1.29 is 61.2 Å². The number of alkyl halides is 4. The minimum atomic E-state index is -2.63. The van der Waals surface area contributed by atoms with Crippen molar-refractivity contribution in [1.82, 2.24) is 98.4 Å². The molecule has 150 heavy (non-hydrogen) atoms. The molecule has 0 unspecified atom stereocenters. The van der Waals surface area contributed by atoms with E-state index in [9.17, 15) is 51.7 Å². The lowest BCUT2D eigenvalue weighted by atomic mass is 9.92. The van der Waals surface area contributed by atoms with Crippen molar-refractivity contribution in [2.45, 2.75) is 257 Å². The first-order valence-corrected chi connectivity index (χ1v) is 54.0. The average molecular weight is 2090 g/mol. The summed E-state index contributed by atoms with van der Waals surface area (Å²) < 4.78 is 82.6. The van der Waals surface area contributed by atoms with Gasteiger partial charge in [-0.15, -0.1) is 0 Å². The van der Waals surface area contributed by atoms with Crippen LogP contribution in [0.15, 0.2) is 104 Å². The Hall–Kier alpha value is -12.8. The van der Waals surface area contributed by atoms with Gasteiger partial charge >= 0.3 is 0 Å². The summed E-state index contributed by atoms with van der Waals surface area (Å²) in [5.41, 5.74) is 23.9. The van der Waals surface area contributed by atoms with Crippen LogP contribution >= 0.6 is 23.2 Å². The zero-order valence-electron chi connectivity index (χ0n) is 86.5. The van der Waals surface area contributed by atoms with Crippen LogP contribution in [-0.4, -0.2) is 231 Å². The molecule has 0 bridgehead atoms. The first-order valence-electron chi connectivity index (χ1n) is 53.3. The van der Waals surface area contributed by atoms with Gasteiger partial charge in [-0.3, -0.25) is 61.7 Å². The fourth-order valence-electron chi connectivity index (χ4n) is 24.5. The van der Waals surface area contributed by atoms with E-state index >= 15 is 0 Å². The van der Waals surface area contributed by atoms with Gasteiger partial charge in [0.05, 0.1) is 91.2 Å². The monoisotopic (exact) mass is 2090 g/mol. The van der Waals surface area contributed by atoms with E-state index in [1.807, 2.05) is 63.3 Å². The highest BCUT2D eigenvalue weighted by atomic mass is 35.5. The molecule has 0 radical (unpaired) electrons. The molecule has 4 aromatic carbocycles. The van der Waals surface area contributed by atoms with Gasteiger partial charge in [0.25, 0.3) is 18.8 Å². The molecule has 5 amide bonds. The van der Waals surface area contributed by atoms with Crippen LogP contribution in [0.5, 0.6) is 0 Å². The summed E-state index contributed by atoms with van der Waals surface area (Å²) in [4.78, 5) is 81.7. The molecule has 12 aliphatic rings. The van der Waals surface area contributed by atoms with Gasteiger partial charge in [-0.05, 0) is 216 Å². The third-order valence-electron chi connectivity index (χ3n) is 32.5. The highest BCUT2D eigenvalue weighted by Crippen LogP contribution is 2.52. The van der Waals surface area contributed by atoms with E-state index in [1.54, 1.807) is 112 Å². The summed E-state index contributed by atoms with van der Waals surface area (Å²) in [6.07, 6.45) is 27.1. The number of aryl methyl sites for hydroxylation is 7. The number of anilines is 8. The number of aliphatic hydroxyl groups is 2. The second-order valence-corrected chi connectivity index (χ2v) is 42.9. The lowest BCUT2D eigenvalue weighted by Crippen LogP contribution is -2.36. The number of amides is 5. The molecule has 8 aromatic heterocycles. The fraction of sp³-hybridized carbons (Fsp3) is 0.505. The number of hydrogen-bond donors (Lipinski definition) is 3. The number of pyridine rings is 1. The van der Waals surface area contributed by atoms with Gasteiger partial charge < -0.3 is 64.2 Å². The third kappa shape index (κ3) is 20.8. The number of carbonyl (C=O) groups excluding carboxylic acids is 5. The molecule has 2 saturated heterocycles. The highest BCUT2D eigenvalue weighted by Gasteiger charge is 2.42. The second kappa shape index (κ2) is 43.9. The molecular formula is C111H132Cl2F4N24O9. The fourth-order valence-corrected chi connectivity index (χ4v) is 25.1. The van der Waals surface area contributed by atoms with Crippen LogP contribution in [0.3, 0.4) is 0 Å². The molecule has 18 heterocycles. The Morgan fingerprint density at radius 1 is 0.373 bits per heavy atom. The minimum Gasteiger partial charge on any atom is -0.393 e. The van der Waals surface area contributed by atoms with Gasteiger partial charge in [-0.25, -0.2) is 17.6 Å². The maximum atomic E-state index is 14.4. The van der Waals surface area contributed by atoms with Gasteiger partial charge in [0, 0.05) is 297 Å². The lowest BCUT2D eigenvalue weighted by Gasteiger charge is -2.33. The number of rotatable bonds is 15. The SMILES string of the molecule is CC(=O)N1CCc2c(c(N3CCCc4cc(-c5cnn(C)c5)c(C(F)F)cc43)nn2C2CCC(O)CC2)C1.CC(=O)N1CCc2c(c(N3CCCc4cc(-c5cnn(C)c5)c(C(F)F)cc43)nn2C2CCC(O)CC2)C1.CC(=O)N1CCc2c(c(N3CCCc4cc(-c5cnn(C)c5)c(Cl)cc43)nn2C2CCOCC2)C1.CNC(=O)c1ccc(-c2cc3c(cc2Cl)N(c2nn(C4CCOCC4)c4c2CN(C(C)=O)CC4)CCC3)cn1. The predicted molar refractivity (Wildman–Crippen MR) is 564 cm³/mol. The molecule has 3 N–H and O–H groups in total. The average Bonchev–Trinajstić information content (AvgIpc) is 1.38. The molecule has 2 saturated carbocycles. The smallest absolute Gasteiger partial charge is 0.269 e. The Kier molecular flexibility index (Phi) is 30.1. The van der Waals surface area contributed by atoms with Crippen molar-refractivity contribution in [1.29, 1.82) is 0 Å². The largest absolute Gasteiger partial charge is 0.393 e. The van der Waals surface area contributed by atoms with Crippen LogP contribution in [0, 0.1) is 0 Å². The number of halogens is 6. The number of aromatic nitrogens is 15. The van der Waals surface area contributed by atoms with E-state index in [0.717, 1.165) is 301 Å². The third-order valence-corrected chi connectivity index (χ3v) is 33.2. The summed E-state index contributed by atoms with van der Waals surface area (Å²) >= 11 is 13.7. The summed E-state index contributed by atoms with van der Waals surface area (Å²) in [6, 6.07) is 20.2. The normalized spacial score (nSPS) is 19.8. The van der Waals surface area contributed by atoms with Gasteiger partial charge in [-0.2, -0.15) is 35.7 Å². The van der Waals surface area contributed by atoms with Crippen LogP contribution < -0.4 is 24.9 Å². The predicted octanol–water partition coefficient (Wildman–Crippen LogP) is 17.9. The van der Waals surface area contributed by atoms with E-state index < -0.39 is 12.9 Å². The number of aliphatic hydroxyl groups excluding tert-OH is 2. The Labute approximate surface area is 879 Å². The van der Waals surface area contributed by atoms with Gasteiger partial charge in [0.1, 0.15) is 5.69 Å². The topological polar surface area (TPSA) is 320 Å². The van der Waals surface area contributed by atoms with Gasteiger partial charge in [0.15, 0.2) is 23.3 Å². The first-order chi connectivity index (χ1) is 72.5. The summed E-state index contributed by atoms with van der Waals surface area (Å²) in [6.45, 7) is 17.4. The van der Waals surface area contributed by atoms with Crippen molar-refractivity contribution in [3.8, 4) is 44.5 Å². The van der Waals surface area contributed by atoms with Gasteiger partial charge in [0.2, 0.25) is 23.6 Å². The Bertz CT molecular complexity index is 6850. The summed E-state index contributed by atoms with van der Waals surface area (Å²) in [7, 11) is 7.07. The van der Waals surface area contributed by atoms with Crippen molar-refractivity contribution in [3.05, 3.63) is 198 Å². The molecule has 0 atom stereocenters. The number of hydrogen-bond acceptors (Lipinski definition) is 21. The first kappa shape index (κ1) is 103. The lowest BCUT2D eigenvalue weighted by molar-refractivity contribution is -0.130. The maximum absolute atomic E-state index is 14.4. The summed E-state index contributed by atoms with van der Waals surface area (Å²) in [5.74, 6) is 3.48. The van der Waals surface area contributed by atoms with Crippen LogP contribution in [0.4, 0.5) is 63.6 Å². The standard InChI is InChI=1S/C29H33ClN6O3.2C28H34F2N6O2.C26H31ClN6O2/c1-18(37)34-11-7-26-23(17-34)28(33-36(26)21-8-12-39-13-9-21)35-10-3-4-19-14-22(24(30)15-27(19)35)20-5-6-25(32-16-20)29(38)31-2;2*1-17(37)34-11-9-25-24(16-34)28(32-36(25)20-5-7-21(38)8-6-20)35-10-3-4-18-12-22(19-14-31-33(2)15-19)23(27(29)30)13-26(18)35;1-17(34)31-9-5-24-22(16-31)26(29-33(24)20-6-10-35-11-7-20)32-8-3-4-18-12-21(23(27)13-25(18)32)19-14-28-30(2)15-19/h5-6,14-16,21H,3-4,7-13,17H2,1-2H3,(H,31,38);2*12-15,20-21,27,38H,3-11,16H2,1-2H3;12-15,20H,3-11,16H2,1-2H3. The number of fused-ring (bicyclic) bond motifs is 8. The molecular weight excluding hydrogens is 1960 g/mol. The molecule has 10 aliphatic heterocycles. The molecule has 2 aliphatic carbocycles. The van der Waals surface area contributed by atoms with Crippen molar-refractivity contribution >= 4 is 98.8 Å². The van der Waals surface area contributed by atoms with Crippen LogP contribution in [0.25, 0.3) is 44.5 Å². The molecule has 4 fully saturated rings. The molecule has 0 spiro atoms. The molecule has 33 nitrogen and oxygen atoms in total. The van der Waals surface area contributed by atoms with E-state index in [4.69, 9.17) is 53.1 Å². The number of carbonyl (C=O) groups is 5. The number of ether oxygens (including phenoxy) is 2. The van der Waals surface area contributed by atoms with Crippen LogP contribution in [0.1, 0.15) is 256 Å². The van der Waals surface area contributed by atoms with Crippen molar-refractivity contribution in [2.75, 3.05) is 105 Å². The molecule has 39 heteroatoms. The van der Waals surface area contributed by atoms with Gasteiger partial charge in [-0.1, -0.05) is 29.3 Å². The van der Waals surface area contributed by atoms with Crippen LogP contribution in [0.2, 0.25) is 10.0 Å². The minimum absolute atomic E-state index is 0.0106. The Morgan fingerprint density at radius 2 is 0.667 bits per heavy atom. The highest BCUT2D eigenvalue weighted by molar-refractivity contribution is 6.34. The Morgan fingerprint density at radius 3 is 0.947 bits per heavy atom. The molecule has 24 rings (SSSR count). The zero-order chi connectivity index (χ0) is 104. The van der Waals surface area contributed by atoms with E-state index in [2.05, 4.69) is 82.1 Å². The second-order valence-electron chi connectivity index (χ2n) is 42.0. The van der Waals surface area contributed by atoms with E-state index in [-0.39, 0.29) is 65.0 Å². The number of nitrogens with zero attached hydrogens (tertiary/aromatic N) is 23. The van der Waals surface area contributed by atoms with Crippen molar-refractivity contribution in [2.24, 2.45) is 21.1 Å². The van der Waals surface area contributed by atoms with E-state index in [0.29, 0.717) is 115 Å². The zero-order valence-corrected chi connectivity index (χ0v) is 88.0.